The van der Waals surface area contributed by atoms with Crippen LogP contribution in [0.1, 0.15) is 39.5 Å². The van der Waals surface area contributed by atoms with Gasteiger partial charge in [0.2, 0.25) is 23.6 Å². The van der Waals surface area contributed by atoms with E-state index >= 15 is 0 Å². The Labute approximate surface area is 195 Å². The molecule has 0 aliphatic carbocycles. The molecule has 14 heteroatoms. The van der Waals surface area contributed by atoms with Crippen LogP contribution in [-0.2, 0) is 28.8 Å². The number of carboxylic acid groups (broad SMARTS) is 2. The molecule has 0 spiro atoms. The SMILES string of the molecule is CCC(C)C(NC(=O)C(CC(N)=O)NC(=O)C(CCSC)NC(=O)C(N)CC(=O)O)C(=O)O. The number of primary amides is 1. The van der Waals surface area contributed by atoms with Crippen LogP contribution in [0.3, 0.4) is 0 Å². The van der Waals surface area contributed by atoms with Crippen molar-refractivity contribution in [2.24, 2.45) is 17.4 Å². The maximum atomic E-state index is 12.8. The Morgan fingerprint density at radius 2 is 1.45 bits per heavy atom. The van der Waals surface area contributed by atoms with Gasteiger partial charge in [0.05, 0.1) is 18.9 Å². The molecule has 188 valence electrons. The number of amides is 4. The minimum atomic E-state index is -1.48. The smallest absolute Gasteiger partial charge is 0.326 e. The number of aliphatic carboxylic acids is 2. The van der Waals surface area contributed by atoms with Crippen molar-refractivity contribution in [1.29, 1.82) is 0 Å². The molecule has 13 nitrogen and oxygen atoms in total. The van der Waals surface area contributed by atoms with E-state index in [0.29, 0.717) is 12.2 Å². The number of hydrogen-bond donors (Lipinski definition) is 7. The van der Waals surface area contributed by atoms with E-state index in [1.54, 1.807) is 20.1 Å². The average molecular weight is 492 g/mol. The number of hydrogen-bond acceptors (Lipinski definition) is 8. The molecule has 0 fully saturated rings. The van der Waals surface area contributed by atoms with Gasteiger partial charge in [0, 0.05) is 0 Å². The minimum absolute atomic E-state index is 0.119. The lowest BCUT2D eigenvalue weighted by Gasteiger charge is -2.26. The molecule has 5 atom stereocenters. The Morgan fingerprint density at radius 1 is 0.909 bits per heavy atom. The van der Waals surface area contributed by atoms with Crippen LogP contribution in [0, 0.1) is 5.92 Å². The number of carbonyl (C=O) groups is 6. The number of nitrogens with one attached hydrogen (secondary N) is 3. The molecule has 4 amide bonds. The van der Waals surface area contributed by atoms with Crippen molar-refractivity contribution < 1.29 is 39.0 Å². The van der Waals surface area contributed by atoms with Gasteiger partial charge in [-0.05, 0) is 24.3 Å². The predicted octanol–water partition coefficient (Wildman–Crippen LogP) is -2.00. The highest BCUT2D eigenvalue weighted by molar-refractivity contribution is 7.98. The normalized spacial score (nSPS) is 15.3. The summed E-state index contributed by atoms with van der Waals surface area (Å²) in [5, 5.41) is 25.1. The lowest BCUT2D eigenvalue weighted by molar-refractivity contribution is -0.144. The van der Waals surface area contributed by atoms with Gasteiger partial charge in [-0.1, -0.05) is 20.3 Å². The van der Waals surface area contributed by atoms with Gasteiger partial charge in [-0.25, -0.2) is 4.79 Å². The molecule has 0 saturated heterocycles. The average Bonchev–Trinajstić information content (AvgIpc) is 2.72. The molecule has 0 rings (SSSR count). The second-order valence-corrected chi connectivity index (χ2v) is 8.47. The fourth-order valence-electron chi connectivity index (χ4n) is 2.68. The molecule has 0 bridgehead atoms. The first-order valence-corrected chi connectivity index (χ1v) is 11.6. The van der Waals surface area contributed by atoms with Crippen molar-refractivity contribution in [3.8, 4) is 0 Å². The monoisotopic (exact) mass is 491 g/mol. The maximum Gasteiger partial charge on any atom is 0.326 e. The largest absolute Gasteiger partial charge is 0.481 e. The third kappa shape index (κ3) is 11.5. The van der Waals surface area contributed by atoms with Crippen LogP contribution < -0.4 is 27.4 Å². The van der Waals surface area contributed by atoms with Gasteiger partial charge in [0.25, 0.3) is 0 Å². The minimum Gasteiger partial charge on any atom is -0.481 e. The fraction of sp³-hybridized carbons (Fsp3) is 0.684. The summed E-state index contributed by atoms with van der Waals surface area (Å²) < 4.78 is 0. The van der Waals surface area contributed by atoms with Gasteiger partial charge < -0.3 is 37.6 Å². The zero-order valence-electron chi connectivity index (χ0n) is 18.8. The van der Waals surface area contributed by atoms with Gasteiger partial charge in [-0.3, -0.25) is 24.0 Å². The van der Waals surface area contributed by atoms with Gasteiger partial charge in [-0.2, -0.15) is 11.8 Å². The van der Waals surface area contributed by atoms with E-state index < -0.39 is 78.5 Å². The summed E-state index contributed by atoms with van der Waals surface area (Å²) >= 11 is 1.37. The van der Waals surface area contributed by atoms with Gasteiger partial charge in [0.15, 0.2) is 0 Å². The molecular weight excluding hydrogens is 458 g/mol. The molecular formula is C19H33N5O8S. The molecule has 5 unspecified atom stereocenters. The molecule has 0 aromatic carbocycles. The third-order valence-electron chi connectivity index (χ3n) is 4.79. The van der Waals surface area contributed by atoms with Crippen LogP contribution in [-0.4, -0.2) is 82.0 Å². The molecule has 0 heterocycles. The number of carboxylic acids is 2. The van der Waals surface area contributed by atoms with Crippen LogP contribution in [0.5, 0.6) is 0 Å². The third-order valence-corrected chi connectivity index (χ3v) is 5.43. The Morgan fingerprint density at radius 3 is 1.91 bits per heavy atom. The second-order valence-electron chi connectivity index (χ2n) is 7.49. The van der Waals surface area contributed by atoms with E-state index in [9.17, 15) is 33.9 Å². The topological polar surface area (TPSA) is 231 Å². The Hall–Kier alpha value is -2.87. The molecule has 0 saturated carbocycles. The van der Waals surface area contributed by atoms with E-state index in [2.05, 4.69) is 16.0 Å². The summed E-state index contributed by atoms with van der Waals surface area (Å²) in [6.07, 6.45) is 1.07. The molecule has 0 aliphatic rings. The van der Waals surface area contributed by atoms with Gasteiger partial charge in [0.1, 0.15) is 18.1 Å². The summed E-state index contributed by atoms with van der Waals surface area (Å²) in [6.45, 7) is 3.36. The maximum absolute atomic E-state index is 12.8. The Kier molecular flexibility index (Phi) is 13.7. The highest BCUT2D eigenvalue weighted by Crippen LogP contribution is 2.09. The highest BCUT2D eigenvalue weighted by atomic mass is 32.2. The summed E-state index contributed by atoms with van der Waals surface area (Å²) in [6, 6.07) is -5.32. The number of rotatable bonds is 16. The molecule has 0 aromatic rings. The highest BCUT2D eigenvalue weighted by Gasteiger charge is 2.32. The summed E-state index contributed by atoms with van der Waals surface area (Å²) in [4.78, 5) is 71.3. The molecule has 33 heavy (non-hydrogen) atoms. The summed E-state index contributed by atoms with van der Waals surface area (Å²) in [5.74, 6) is -6.13. The first-order chi connectivity index (χ1) is 15.3. The number of nitrogens with two attached hydrogens (primary N) is 2. The zero-order chi connectivity index (χ0) is 25.7. The quantitative estimate of drug-likeness (QED) is 0.125. The zero-order valence-corrected chi connectivity index (χ0v) is 19.6. The fourth-order valence-corrected chi connectivity index (χ4v) is 3.16. The molecule has 9 N–H and O–H groups in total. The summed E-state index contributed by atoms with van der Waals surface area (Å²) in [7, 11) is 0. The van der Waals surface area contributed by atoms with E-state index in [1.165, 1.54) is 11.8 Å². The number of carbonyl (C=O) groups excluding carboxylic acids is 4. The first kappa shape index (κ1) is 30.1. The predicted molar refractivity (Wildman–Crippen MR) is 120 cm³/mol. The second kappa shape index (κ2) is 15.1. The van der Waals surface area contributed by atoms with Crippen LogP contribution in [0.2, 0.25) is 0 Å². The standard InChI is InChI=1S/C19H33N5O8S/c1-4-9(2)15(19(31)32)24-18(30)12(8-13(21)25)23-17(29)11(5-6-33-3)22-16(28)10(20)7-14(26)27/h9-12,15H,4-8,20H2,1-3H3,(H2,21,25)(H,22,28)(H,23,29)(H,24,30)(H,26,27)(H,31,32). The van der Waals surface area contributed by atoms with Crippen molar-refractivity contribution in [1.82, 2.24) is 16.0 Å². The Balaban J connectivity index is 5.54. The van der Waals surface area contributed by atoms with Gasteiger partial charge >= 0.3 is 11.9 Å². The van der Waals surface area contributed by atoms with Crippen molar-refractivity contribution in [2.75, 3.05) is 12.0 Å². The van der Waals surface area contributed by atoms with E-state index in [0.717, 1.165) is 0 Å². The molecule has 0 aliphatic heterocycles. The van der Waals surface area contributed by atoms with Crippen molar-refractivity contribution >= 4 is 47.3 Å². The van der Waals surface area contributed by atoms with Crippen LogP contribution >= 0.6 is 11.8 Å². The van der Waals surface area contributed by atoms with Crippen molar-refractivity contribution in [3.63, 3.8) is 0 Å². The lowest BCUT2D eigenvalue weighted by atomic mass is 9.98. The van der Waals surface area contributed by atoms with E-state index in [-0.39, 0.29) is 6.42 Å². The summed E-state index contributed by atoms with van der Waals surface area (Å²) in [5.41, 5.74) is 10.7. The van der Waals surface area contributed by atoms with Crippen LogP contribution in [0.15, 0.2) is 0 Å². The molecule has 0 aromatic heterocycles. The van der Waals surface area contributed by atoms with Crippen molar-refractivity contribution in [2.45, 2.75) is 63.7 Å². The van der Waals surface area contributed by atoms with Crippen LogP contribution in [0.25, 0.3) is 0 Å². The Bertz CT molecular complexity index is 735. The van der Waals surface area contributed by atoms with Gasteiger partial charge in [-0.15, -0.1) is 0 Å². The van der Waals surface area contributed by atoms with E-state index in [4.69, 9.17) is 16.6 Å². The number of thioether (sulfide) groups is 1. The van der Waals surface area contributed by atoms with E-state index in [1.807, 2.05) is 0 Å². The molecule has 0 radical (unpaired) electrons. The van der Waals surface area contributed by atoms with Crippen molar-refractivity contribution in [3.05, 3.63) is 0 Å². The first-order valence-electron chi connectivity index (χ1n) is 10.2. The lowest BCUT2D eigenvalue weighted by Crippen LogP contribution is -2.58. The van der Waals surface area contributed by atoms with Crippen LogP contribution in [0.4, 0.5) is 0 Å².